The highest BCUT2D eigenvalue weighted by Gasteiger charge is 2.56. The molecule has 0 radical (unpaired) electrons. The van der Waals surface area contributed by atoms with Gasteiger partial charge in [-0.15, -0.1) is 0 Å². The van der Waals surface area contributed by atoms with E-state index in [4.69, 9.17) is 5.11 Å². The van der Waals surface area contributed by atoms with Crippen LogP contribution in [0, 0.1) is 29.1 Å². The van der Waals surface area contributed by atoms with E-state index in [1.807, 2.05) is 0 Å². The molecule has 0 amide bonds. The number of carbonyl (C=O) groups is 1. The third-order valence-electron chi connectivity index (χ3n) is 5.20. The maximum absolute atomic E-state index is 13.0. The fraction of sp³-hybridized carbons (Fsp3) is 0.923. The molecular weight excluding hydrogens is 226 g/mol. The van der Waals surface area contributed by atoms with Crippen LogP contribution in [0.2, 0.25) is 0 Å². The summed E-state index contributed by atoms with van der Waals surface area (Å²) in [5, 5.41) is 8.76. The fourth-order valence-electron chi connectivity index (χ4n) is 4.01. The van der Waals surface area contributed by atoms with Gasteiger partial charge in [0.2, 0.25) is 6.43 Å². The summed E-state index contributed by atoms with van der Waals surface area (Å²) in [6, 6.07) is 0. The molecule has 2 unspecified atom stereocenters. The predicted molar refractivity (Wildman–Crippen MR) is 59.8 cm³/mol. The van der Waals surface area contributed by atoms with Crippen molar-refractivity contribution < 1.29 is 18.7 Å². The van der Waals surface area contributed by atoms with Crippen LogP contribution >= 0.6 is 0 Å². The van der Waals surface area contributed by atoms with E-state index in [-0.39, 0.29) is 17.8 Å². The van der Waals surface area contributed by atoms with Gasteiger partial charge in [0.05, 0.1) is 6.42 Å². The van der Waals surface area contributed by atoms with Crippen molar-refractivity contribution >= 4 is 5.97 Å². The molecule has 0 heterocycles. The van der Waals surface area contributed by atoms with Crippen LogP contribution in [0.25, 0.3) is 0 Å². The third kappa shape index (κ3) is 2.06. The molecular formula is C13H20F2O2. The second kappa shape index (κ2) is 4.21. The summed E-state index contributed by atoms with van der Waals surface area (Å²) in [5.74, 6) is -1.22. The number of hydrogen-bond donors (Lipinski definition) is 1. The molecule has 0 aromatic heterocycles. The fourth-order valence-corrected chi connectivity index (χ4v) is 4.01. The Kier molecular flexibility index (Phi) is 3.17. The summed E-state index contributed by atoms with van der Waals surface area (Å²) < 4.78 is 26.0. The van der Waals surface area contributed by atoms with E-state index in [1.165, 1.54) is 0 Å². The minimum Gasteiger partial charge on any atom is -0.481 e. The van der Waals surface area contributed by atoms with Crippen LogP contribution in [-0.2, 0) is 4.79 Å². The summed E-state index contributed by atoms with van der Waals surface area (Å²) in [6.45, 7) is 4.28. The van der Waals surface area contributed by atoms with Crippen molar-refractivity contribution in [3.63, 3.8) is 0 Å². The molecule has 3 rings (SSSR count). The molecule has 0 aromatic carbocycles. The second-order valence-corrected chi connectivity index (χ2v) is 6.20. The van der Waals surface area contributed by atoms with Crippen molar-refractivity contribution in [2.45, 2.75) is 46.0 Å². The van der Waals surface area contributed by atoms with E-state index in [0.717, 1.165) is 19.3 Å². The number of carboxylic acid groups (broad SMARTS) is 1. The number of hydrogen-bond acceptors (Lipinski definition) is 1. The molecule has 0 aliphatic heterocycles. The number of halogens is 2. The van der Waals surface area contributed by atoms with E-state index < -0.39 is 18.3 Å². The SMILES string of the molecule is CC1(C)[C@H]2CCC(C(CC(=O)O)C(F)F)[C@@H]1C2. The van der Waals surface area contributed by atoms with E-state index in [1.54, 1.807) is 0 Å². The first-order chi connectivity index (χ1) is 7.84. The Labute approximate surface area is 100 Å². The zero-order valence-corrected chi connectivity index (χ0v) is 10.3. The van der Waals surface area contributed by atoms with Gasteiger partial charge in [-0.25, -0.2) is 8.78 Å². The van der Waals surface area contributed by atoms with Gasteiger partial charge in [0, 0.05) is 5.92 Å². The van der Waals surface area contributed by atoms with Crippen molar-refractivity contribution in [2.75, 3.05) is 0 Å². The standard InChI is InChI=1S/C13H20F2O2/c1-13(2)7-3-4-8(10(13)5-7)9(12(14)15)6-11(16)17/h7-10,12H,3-6H2,1-2H3,(H,16,17)/t7-,8?,9?,10-/m0/s1. The highest BCUT2D eigenvalue weighted by Crippen LogP contribution is 2.63. The summed E-state index contributed by atoms with van der Waals surface area (Å²) >= 11 is 0. The smallest absolute Gasteiger partial charge is 0.303 e. The van der Waals surface area contributed by atoms with Crippen LogP contribution < -0.4 is 0 Å². The number of aliphatic carboxylic acids is 1. The first-order valence-corrected chi connectivity index (χ1v) is 6.34. The zero-order valence-electron chi connectivity index (χ0n) is 10.3. The average molecular weight is 246 g/mol. The van der Waals surface area contributed by atoms with Gasteiger partial charge in [-0.2, -0.15) is 0 Å². The largest absolute Gasteiger partial charge is 0.481 e. The Morgan fingerprint density at radius 2 is 2.06 bits per heavy atom. The van der Waals surface area contributed by atoms with Gasteiger partial charge >= 0.3 is 5.97 Å². The van der Waals surface area contributed by atoms with Crippen LogP contribution in [0.5, 0.6) is 0 Å². The lowest BCUT2D eigenvalue weighted by molar-refractivity contribution is -0.155. The Balaban J connectivity index is 2.11. The molecule has 4 heteroatoms. The number of fused-ring (bicyclic) bond motifs is 2. The number of carboxylic acids is 1. The van der Waals surface area contributed by atoms with Crippen LogP contribution in [-0.4, -0.2) is 17.5 Å². The Morgan fingerprint density at radius 3 is 2.47 bits per heavy atom. The quantitative estimate of drug-likeness (QED) is 0.825. The lowest BCUT2D eigenvalue weighted by Gasteiger charge is -2.61. The van der Waals surface area contributed by atoms with Gasteiger partial charge in [0.25, 0.3) is 0 Å². The normalized spacial score (nSPS) is 36.4. The molecule has 17 heavy (non-hydrogen) atoms. The van der Waals surface area contributed by atoms with Crippen LogP contribution in [0.15, 0.2) is 0 Å². The highest BCUT2D eigenvalue weighted by molar-refractivity contribution is 5.67. The van der Waals surface area contributed by atoms with Crippen molar-refractivity contribution in [1.29, 1.82) is 0 Å². The lowest BCUT2D eigenvalue weighted by atomic mass is 9.44. The Bertz CT molecular complexity index is 313. The molecule has 3 fully saturated rings. The lowest BCUT2D eigenvalue weighted by Crippen LogP contribution is -2.54. The van der Waals surface area contributed by atoms with Crippen molar-refractivity contribution in [3.05, 3.63) is 0 Å². The number of rotatable bonds is 4. The van der Waals surface area contributed by atoms with Gasteiger partial charge in [0.1, 0.15) is 0 Å². The molecule has 3 aliphatic rings. The van der Waals surface area contributed by atoms with Gasteiger partial charge in [0.15, 0.2) is 0 Å². The van der Waals surface area contributed by atoms with Gasteiger partial charge in [-0.05, 0) is 42.4 Å². The predicted octanol–water partition coefficient (Wildman–Crippen LogP) is 3.41. The Morgan fingerprint density at radius 1 is 1.41 bits per heavy atom. The molecule has 98 valence electrons. The molecule has 1 N–H and O–H groups in total. The molecule has 4 atom stereocenters. The van der Waals surface area contributed by atoms with E-state index in [2.05, 4.69) is 13.8 Å². The zero-order chi connectivity index (χ0) is 12.8. The molecule has 0 aromatic rings. The van der Waals surface area contributed by atoms with Gasteiger partial charge in [-0.3, -0.25) is 4.79 Å². The topological polar surface area (TPSA) is 37.3 Å². The number of alkyl halides is 2. The van der Waals surface area contributed by atoms with Crippen LogP contribution in [0.3, 0.4) is 0 Å². The first kappa shape index (κ1) is 12.8. The van der Waals surface area contributed by atoms with E-state index >= 15 is 0 Å². The monoisotopic (exact) mass is 246 g/mol. The van der Waals surface area contributed by atoms with Crippen LogP contribution in [0.1, 0.15) is 39.5 Å². The molecule has 3 saturated carbocycles. The Hall–Kier alpha value is -0.670. The summed E-state index contributed by atoms with van der Waals surface area (Å²) in [6.07, 6.45) is -0.123. The van der Waals surface area contributed by atoms with Crippen molar-refractivity contribution in [3.8, 4) is 0 Å². The average Bonchev–Trinajstić information content (AvgIpc) is 2.25. The summed E-state index contributed by atoms with van der Waals surface area (Å²) in [5.41, 5.74) is 0.133. The van der Waals surface area contributed by atoms with Gasteiger partial charge in [-0.1, -0.05) is 13.8 Å². The third-order valence-corrected chi connectivity index (χ3v) is 5.20. The summed E-state index contributed by atoms with van der Waals surface area (Å²) in [7, 11) is 0. The minimum atomic E-state index is -2.51. The van der Waals surface area contributed by atoms with Crippen molar-refractivity contribution in [1.82, 2.24) is 0 Å². The van der Waals surface area contributed by atoms with Crippen LogP contribution in [0.4, 0.5) is 8.78 Å². The highest BCUT2D eigenvalue weighted by atomic mass is 19.3. The van der Waals surface area contributed by atoms with Gasteiger partial charge < -0.3 is 5.11 Å². The summed E-state index contributed by atoms with van der Waals surface area (Å²) in [4.78, 5) is 10.7. The van der Waals surface area contributed by atoms with Crippen molar-refractivity contribution in [2.24, 2.45) is 29.1 Å². The van der Waals surface area contributed by atoms with E-state index in [0.29, 0.717) is 11.8 Å². The maximum Gasteiger partial charge on any atom is 0.303 e. The molecule has 0 saturated heterocycles. The molecule has 3 aliphatic carbocycles. The molecule has 0 spiro atoms. The maximum atomic E-state index is 13.0. The molecule has 2 bridgehead atoms. The second-order valence-electron chi connectivity index (χ2n) is 6.20. The van der Waals surface area contributed by atoms with E-state index in [9.17, 15) is 13.6 Å². The molecule has 2 nitrogen and oxygen atoms in total. The first-order valence-electron chi connectivity index (χ1n) is 6.34. The minimum absolute atomic E-state index is 0.105.